The van der Waals surface area contributed by atoms with Crippen molar-refractivity contribution in [1.82, 2.24) is 10.0 Å². The minimum atomic E-state index is -3.17. The summed E-state index contributed by atoms with van der Waals surface area (Å²) in [5, 5.41) is 2.98. The Balaban J connectivity index is 0.00000289. The zero-order valence-electron chi connectivity index (χ0n) is 10.7. The van der Waals surface area contributed by atoms with Crippen LogP contribution in [-0.4, -0.2) is 33.8 Å². The van der Waals surface area contributed by atoms with Gasteiger partial charge < -0.3 is 5.32 Å². The third-order valence-corrected chi connectivity index (χ3v) is 3.95. The monoisotopic (exact) mass is 292 g/mol. The van der Waals surface area contributed by atoms with Crippen molar-refractivity contribution in [1.29, 1.82) is 0 Å². The highest BCUT2D eigenvalue weighted by molar-refractivity contribution is 7.89. The normalized spacial score (nSPS) is 12.8. The van der Waals surface area contributed by atoms with E-state index < -0.39 is 10.0 Å². The second kappa shape index (κ2) is 8.48. The van der Waals surface area contributed by atoms with Gasteiger partial charge in [0.25, 0.3) is 0 Å². The molecule has 2 N–H and O–H groups in total. The molecule has 0 fully saturated rings. The average Bonchev–Trinajstić information content (AvgIpc) is 2.35. The Labute approximate surface area is 116 Å². The smallest absolute Gasteiger partial charge is 0.211 e. The summed E-state index contributed by atoms with van der Waals surface area (Å²) in [6, 6.07) is 9.76. The van der Waals surface area contributed by atoms with Gasteiger partial charge in [-0.2, -0.15) is 0 Å². The van der Waals surface area contributed by atoms with Crippen LogP contribution in [0.25, 0.3) is 0 Å². The largest absolute Gasteiger partial charge is 0.316 e. The zero-order chi connectivity index (χ0) is 12.7. The molecule has 0 aliphatic carbocycles. The average molecular weight is 293 g/mol. The maximum Gasteiger partial charge on any atom is 0.211 e. The van der Waals surface area contributed by atoms with Crippen LogP contribution in [0.2, 0.25) is 0 Å². The van der Waals surface area contributed by atoms with Gasteiger partial charge in [-0.3, -0.25) is 0 Å². The third kappa shape index (κ3) is 6.96. The molecular formula is C12H21ClN2O2S. The van der Waals surface area contributed by atoms with Crippen LogP contribution in [0.4, 0.5) is 0 Å². The molecule has 0 radical (unpaired) electrons. The molecule has 0 aromatic heterocycles. The maximum absolute atomic E-state index is 11.7. The van der Waals surface area contributed by atoms with E-state index >= 15 is 0 Å². The summed E-state index contributed by atoms with van der Waals surface area (Å²) in [5.41, 5.74) is 1.04. The number of rotatable bonds is 7. The van der Waals surface area contributed by atoms with Crippen molar-refractivity contribution in [3.05, 3.63) is 35.9 Å². The van der Waals surface area contributed by atoms with Crippen molar-refractivity contribution in [3.63, 3.8) is 0 Å². The Kier molecular flexibility index (Phi) is 8.18. The van der Waals surface area contributed by atoms with Gasteiger partial charge in [-0.15, -0.1) is 12.4 Å². The molecule has 0 heterocycles. The topological polar surface area (TPSA) is 58.2 Å². The maximum atomic E-state index is 11.7. The molecule has 6 heteroatoms. The predicted octanol–water partition coefficient (Wildman–Crippen LogP) is 1.18. The number of benzene rings is 1. The van der Waals surface area contributed by atoms with Crippen LogP contribution in [0.3, 0.4) is 0 Å². The fourth-order valence-corrected chi connectivity index (χ4v) is 2.48. The highest BCUT2D eigenvalue weighted by Gasteiger charge is 2.11. The van der Waals surface area contributed by atoms with Crippen molar-refractivity contribution in [2.24, 2.45) is 0 Å². The summed E-state index contributed by atoms with van der Waals surface area (Å²) in [5.74, 6) is 0.132. The Morgan fingerprint density at radius 3 is 2.39 bits per heavy atom. The van der Waals surface area contributed by atoms with Gasteiger partial charge in [0, 0.05) is 12.6 Å². The van der Waals surface area contributed by atoms with Crippen molar-refractivity contribution in [2.45, 2.75) is 19.4 Å². The van der Waals surface area contributed by atoms with Crippen molar-refractivity contribution >= 4 is 22.4 Å². The third-order valence-electron chi connectivity index (χ3n) is 2.60. The molecule has 0 bridgehead atoms. The Morgan fingerprint density at radius 1 is 1.22 bits per heavy atom. The summed E-state index contributed by atoms with van der Waals surface area (Å²) in [6.45, 7) is 2.35. The summed E-state index contributed by atoms with van der Waals surface area (Å²) < 4.78 is 26.0. The molecule has 0 amide bonds. The lowest BCUT2D eigenvalue weighted by atomic mass is 10.2. The molecular weight excluding hydrogens is 272 g/mol. The summed E-state index contributed by atoms with van der Waals surface area (Å²) in [6.07, 6.45) is 0.546. The number of hydrogen-bond donors (Lipinski definition) is 2. The minimum absolute atomic E-state index is 0. The fraction of sp³-hybridized carbons (Fsp3) is 0.500. The first-order valence-corrected chi connectivity index (χ1v) is 7.37. The molecule has 0 aliphatic heterocycles. The van der Waals surface area contributed by atoms with E-state index in [1.165, 1.54) is 0 Å². The summed E-state index contributed by atoms with van der Waals surface area (Å²) in [4.78, 5) is 0. The van der Waals surface area contributed by atoms with E-state index in [0.717, 1.165) is 5.56 Å². The van der Waals surface area contributed by atoms with E-state index in [9.17, 15) is 8.42 Å². The Morgan fingerprint density at radius 2 is 1.83 bits per heavy atom. The standard InChI is InChI=1S/C12H20N2O2S.ClH/c1-11(13-2)10-14-17(15,16)9-8-12-6-4-3-5-7-12;/h3-7,11,13-14H,8-10H2,1-2H3;1H. The molecule has 4 nitrogen and oxygen atoms in total. The van der Waals surface area contributed by atoms with Crippen LogP contribution in [0.5, 0.6) is 0 Å². The molecule has 1 aromatic carbocycles. The number of sulfonamides is 1. The van der Waals surface area contributed by atoms with Gasteiger partial charge in [-0.1, -0.05) is 30.3 Å². The number of aryl methyl sites for hydroxylation is 1. The van der Waals surface area contributed by atoms with E-state index in [4.69, 9.17) is 0 Å². The highest BCUT2D eigenvalue weighted by atomic mass is 35.5. The van der Waals surface area contributed by atoms with Gasteiger partial charge in [0.15, 0.2) is 0 Å². The molecule has 104 valence electrons. The lowest BCUT2D eigenvalue weighted by Gasteiger charge is -2.11. The summed E-state index contributed by atoms with van der Waals surface area (Å²) in [7, 11) is -1.37. The molecule has 1 atom stereocenters. The van der Waals surface area contributed by atoms with E-state index in [2.05, 4.69) is 10.0 Å². The quantitative estimate of drug-likeness (QED) is 0.793. The van der Waals surface area contributed by atoms with Crippen LogP contribution in [0, 0.1) is 0 Å². The lowest BCUT2D eigenvalue weighted by molar-refractivity contribution is 0.554. The van der Waals surface area contributed by atoms with Crippen LogP contribution >= 0.6 is 12.4 Å². The number of hydrogen-bond acceptors (Lipinski definition) is 3. The van der Waals surface area contributed by atoms with Crippen LogP contribution in [0.15, 0.2) is 30.3 Å². The second-order valence-electron chi connectivity index (χ2n) is 4.09. The van der Waals surface area contributed by atoms with Crippen molar-refractivity contribution < 1.29 is 8.42 Å². The molecule has 0 spiro atoms. The molecule has 0 saturated heterocycles. The first-order valence-electron chi connectivity index (χ1n) is 5.72. The Bertz CT molecular complexity index is 423. The molecule has 0 saturated carbocycles. The van der Waals surface area contributed by atoms with Crippen LogP contribution in [-0.2, 0) is 16.4 Å². The van der Waals surface area contributed by atoms with E-state index in [-0.39, 0.29) is 24.2 Å². The first kappa shape index (κ1) is 17.4. The van der Waals surface area contributed by atoms with E-state index in [0.29, 0.717) is 13.0 Å². The highest BCUT2D eigenvalue weighted by Crippen LogP contribution is 2.01. The number of halogens is 1. The number of nitrogens with one attached hydrogen (secondary N) is 2. The SMILES string of the molecule is CNC(C)CNS(=O)(=O)CCc1ccccc1.Cl. The first-order chi connectivity index (χ1) is 8.03. The summed E-state index contributed by atoms with van der Waals surface area (Å²) >= 11 is 0. The van der Waals surface area contributed by atoms with Gasteiger partial charge in [0.05, 0.1) is 5.75 Å². The fourth-order valence-electron chi connectivity index (χ4n) is 1.32. The van der Waals surface area contributed by atoms with E-state index in [1.807, 2.05) is 44.3 Å². The molecule has 1 unspecified atom stereocenters. The molecule has 1 aromatic rings. The van der Waals surface area contributed by atoms with Crippen molar-refractivity contribution in [3.8, 4) is 0 Å². The lowest BCUT2D eigenvalue weighted by Crippen LogP contribution is -2.38. The number of likely N-dealkylation sites (N-methyl/N-ethyl adjacent to an activating group) is 1. The zero-order valence-corrected chi connectivity index (χ0v) is 12.4. The van der Waals surface area contributed by atoms with Gasteiger partial charge in [0.1, 0.15) is 0 Å². The van der Waals surface area contributed by atoms with E-state index in [1.54, 1.807) is 0 Å². The van der Waals surface area contributed by atoms with Gasteiger partial charge in [-0.05, 0) is 26.0 Å². The van der Waals surface area contributed by atoms with Gasteiger partial charge in [0.2, 0.25) is 10.0 Å². The predicted molar refractivity (Wildman–Crippen MR) is 77.7 cm³/mol. The molecule has 0 aliphatic rings. The molecule has 1 rings (SSSR count). The van der Waals surface area contributed by atoms with Crippen LogP contribution < -0.4 is 10.0 Å². The molecule has 18 heavy (non-hydrogen) atoms. The van der Waals surface area contributed by atoms with Crippen molar-refractivity contribution in [2.75, 3.05) is 19.3 Å². The Hall–Kier alpha value is -0.620. The van der Waals surface area contributed by atoms with Gasteiger partial charge in [-0.25, -0.2) is 13.1 Å². The van der Waals surface area contributed by atoms with Gasteiger partial charge >= 0.3 is 0 Å². The van der Waals surface area contributed by atoms with Crippen LogP contribution in [0.1, 0.15) is 12.5 Å². The second-order valence-corrected chi connectivity index (χ2v) is 6.02. The minimum Gasteiger partial charge on any atom is -0.316 e.